The summed E-state index contributed by atoms with van der Waals surface area (Å²) in [5.41, 5.74) is 0.0363. The molecule has 2 heterocycles. The van der Waals surface area contributed by atoms with E-state index in [1.165, 1.54) is 12.1 Å². The van der Waals surface area contributed by atoms with Crippen molar-refractivity contribution in [3.63, 3.8) is 0 Å². The quantitative estimate of drug-likeness (QED) is 0.380. The zero-order valence-electron chi connectivity index (χ0n) is 16.2. The number of carbonyl (C=O) groups excluding carboxylic acids is 1. The number of benzene rings is 1. The number of amides is 1. The molecule has 1 aromatic heterocycles. The number of anilines is 1. The number of guanidine groups is 1. The second kappa shape index (κ2) is 10.1. The zero-order chi connectivity index (χ0) is 20.6. The van der Waals surface area contributed by atoms with Gasteiger partial charge in [-0.05, 0) is 30.7 Å². The molecule has 1 aromatic carbocycles. The molecule has 1 unspecified atom stereocenters. The van der Waals surface area contributed by atoms with E-state index in [1.807, 2.05) is 12.1 Å². The van der Waals surface area contributed by atoms with Gasteiger partial charge in [0.1, 0.15) is 11.6 Å². The van der Waals surface area contributed by atoms with E-state index in [2.05, 4.69) is 30.8 Å². The molecule has 7 nitrogen and oxygen atoms in total. The minimum atomic E-state index is -0.533. The summed E-state index contributed by atoms with van der Waals surface area (Å²) >= 11 is 6.23. The van der Waals surface area contributed by atoms with Crippen molar-refractivity contribution < 1.29 is 9.18 Å². The van der Waals surface area contributed by atoms with Gasteiger partial charge in [-0.2, -0.15) is 0 Å². The van der Waals surface area contributed by atoms with Gasteiger partial charge in [-0.15, -0.1) is 0 Å². The molecule has 0 saturated carbocycles. The number of rotatable bonds is 6. The summed E-state index contributed by atoms with van der Waals surface area (Å²) in [7, 11) is 1.69. The Morgan fingerprint density at radius 2 is 2.07 bits per heavy atom. The van der Waals surface area contributed by atoms with Gasteiger partial charge in [-0.1, -0.05) is 23.7 Å². The van der Waals surface area contributed by atoms with Crippen LogP contribution in [0.1, 0.15) is 16.8 Å². The predicted molar refractivity (Wildman–Crippen MR) is 113 cm³/mol. The fraction of sp³-hybridized carbons (Fsp3) is 0.350. The lowest BCUT2D eigenvalue weighted by atomic mass is 10.2. The normalized spacial score (nSPS) is 16.6. The molecule has 1 saturated heterocycles. The van der Waals surface area contributed by atoms with Gasteiger partial charge in [0.2, 0.25) is 0 Å². The van der Waals surface area contributed by atoms with Gasteiger partial charge in [0.05, 0.1) is 10.6 Å². The maximum absolute atomic E-state index is 13.6. The van der Waals surface area contributed by atoms with E-state index < -0.39 is 11.7 Å². The van der Waals surface area contributed by atoms with E-state index in [0.717, 1.165) is 25.3 Å². The van der Waals surface area contributed by atoms with Gasteiger partial charge in [0.25, 0.3) is 5.91 Å². The van der Waals surface area contributed by atoms with Crippen LogP contribution in [0.2, 0.25) is 5.02 Å². The average molecular weight is 419 g/mol. The fourth-order valence-electron chi connectivity index (χ4n) is 3.17. The average Bonchev–Trinajstić information content (AvgIpc) is 3.19. The molecule has 1 amide bonds. The molecular weight excluding hydrogens is 395 g/mol. The SMILES string of the molecule is CN=C(NCCNC(=O)c1ccccc1F)NC1CCN(c2ncccc2Cl)C1. The molecule has 29 heavy (non-hydrogen) atoms. The van der Waals surface area contributed by atoms with E-state index >= 15 is 0 Å². The van der Waals surface area contributed by atoms with Crippen molar-refractivity contribution in [2.24, 2.45) is 4.99 Å². The number of nitrogens with one attached hydrogen (secondary N) is 3. The van der Waals surface area contributed by atoms with Gasteiger partial charge in [-0.25, -0.2) is 9.37 Å². The first-order valence-corrected chi connectivity index (χ1v) is 9.81. The minimum absolute atomic E-state index is 0.0363. The summed E-state index contributed by atoms with van der Waals surface area (Å²) in [4.78, 5) is 22.7. The Balaban J connectivity index is 1.42. The van der Waals surface area contributed by atoms with Crippen molar-refractivity contribution in [1.29, 1.82) is 0 Å². The number of hydrogen-bond acceptors (Lipinski definition) is 4. The topological polar surface area (TPSA) is 81.6 Å². The first-order valence-electron chi connectivity index (χ1n) is 9.44. The van der Waals surface area contributed by atoms with Crippen LogP contribution in [-0.2, 0) is 0 Å². The molecule has 0 spiro atoms. The summed E-state index contributed by atoms with van der Waals surface area (Å²) < 4.78 is 13.6. The standard InChI is InChI=1S/C20H24ClFN6O/c1-23-20(26-11-10-25-19(29)15-5-2-3-7-17(15)22)27-14-8-12-28(13-14)18-16(21)6-4-9-24-18/h2-7,9,14H,8,10-13H2,1H3,(H,25,29)(H2,23,26,27). The van der Waals surface area contributed by atoms with Crippen molar-refractivity contribution in [2.45, 2.75) is 12.5 Å². The highest BCUT2D eigenvalue weighted by molar-refractivity contribution is 6.32. The summed E-state index contributed by atoms with van der Waals surface area (Å²) in [6.07, 6.45) is 2.66. The first kappa shape index (κ1) is 20.9. The van der Waals surface area contributed by atoms with Crippen LogP contribution in [0, 0.1) is 5.82 Å². The van der Waals surface area contributed by atoms with E-state index in [4.69, 9.17) is 11.6 Å². The van der Waals surface area contributed by atoms with Crippen LogP contribution >= 0.6 is 11.6 Å². The van der Waals surface area contributed by atoms with Crippen LogP contribution in [0.4, 0.5) is 10.2 Å². The predicted octanol–water partition coefficient (Wildman–Crippen LogP) is 2.05. The van der Waals surface area contributed by atoms with Gasteiger partial charge >= 0.3 is 0 Å². The maximum atomic E-state index is 13.6. The highest BCUT2D eigenvalue weighted by atomic mass is 35.5. The number of carbonyl (C=O) groups is 1. The van der Waals surface area contributed by atoms with Crippen molar-refractivity contribution in [3.8, 4) is 0 Å². The Bertz CT molecular complexity index is 878. The number of aliphatic imine (C=N–C) groups is 1. The molecule has 0 radical (unpaired) electrons. The van der Waals surface area contributed by atoms with Gasteiger partial charge < -0.3 is 20.9 Å². The van der Waals surface area contributed by atoms with Crippen LogP contribution in [0.25, 0.3) is 0 Å². The largest absolute Gasteiger partial charge is 0.355 e. The van der Waals surface area contributed by atoms with E-state index in [9.17, 15) is 9.18 Å². The Hall–Kier alpha value is -2.87. The van der Waals surface area contributed by atoms with E-state index in [-0.39, 0.29) is 11.6 Å². The van der Waals surface area contributed by atoms with E-state index in [0.29, 0.717) is 24.1 Å². The van der Waals surface area contributed by atoms with Crippen molar-refractivity contribution >= 4 is 29.3 Å². The highest BCUT2D eigenvalue weighted by Crippen LogP contribution is 2.25. The van der Waals surface area contributed by atoms with E-state index in [1.54, 1.807) is 25.4 Å². The summed E-state index contributed by atoms with van der Waals surface area (Å²) in [6.45, 7) is 2.42. The number of pyridine rings is 1. The molecule has 3 rings (SSSR count). The smallest absolute Gasteiger partial charge is 0.254 e. The van der Waals surface area contributed by atoms with Crippen molar-refractivity contribution in [3.05, 3.63) is 59.0 Å². The zero-order valence-corrected chi connectivity index (χ0v) is 16.9. The third-order valence-corrected chi connectivity index (χ3v) is 4.91. The lowest BCUT2D eigenvalue weighted by Gasteiger charge is -2.20. The second-order valence-electron chi connectivity index (χ2n) is 6.62. The number of halogens is 2. The monoisotopic (exact) mass is 418 g/mol. The Morgan fingerprint density at radius 1 is 1.28 bits per heavy atom. The molecule has 1 aliphatic heterocycles. The highest BCUT2D eigenvalue weighted by Gasteiger charge is 2.25. The summed E-state index contributed by atoms with van der Waals surface area (Å²) in [6, 6.07) is 9.75. The Morgan fingerprint density at radius 3 is 2.83 bits per heavy atom. The van der Waals surface area contributed by atoms with Crippen LogP contribution in [-0.4, -0.2) is 56.1 Å². The molecule has 9 heteroatoms. The molecule has 3 N–H and O–H groups in total. The van der Waals surface area contributed by atoms with Gasteiger partial charge in [0.15, 0.2) is 5.96 Å². The molecular formula is C20H24ClFN6O. The molecule has 1 atom stereocenters. The molecule has 0 aliphatic carbocycles. The second-order valence-corrected chi connectivity index (χ2v) is 7.03. The maximum Gasteiger partial charge on any atom is 0.254 e. The van der Waals surface area contributed by atoms with Crippen LogP contribution in [0.3, 0.4) is 0 Å². The Labute approximate surface area is 174 Å². The molecule has 1 fully saturated rings. The number of nitrogens with zero attached hydrogens (tertiary/aromatic N) is 3. The molecule has 0 bridgehead atoms. The van der Waals surface area contributed by atoms with Crippen molar-refractivity contribution in [1.82, 2.24) is 20.9 Å². The molecule has 154 valence electrons. The van der Waals surface area contributed by atoms with Gasteiger partial charge in [0, 0.05) is 45.5 Å². The minimum Gasteiger partial charge on any atom is -0.355 e. The van der Waals surface area contributed by atoms with Crippen LogP contribution in [0.15, 0.2) is 47.6 Å². The molecule has 2 aromatic rings. The fourth-order valence-corrected chi connectivity index (χ4v) is 3.41. The summed E-state index contributed by atoms with van der Waals surface area (Å²) in [5, 5.41) is 9.85. The van der Waals surface area contributed by atoms with Crippen molar-refractivity contribution in [2.75, 3.05) is 38.1 Å². The first-order chi connectivity index (χ1) is 14.1. The van der Waals surface area contributed by atoms with Crippen LogP contribution < -0.4 is 20.9 Å². The van der Waals surface area contributed by atoms with Crippen LogP contribution in [0.5, 0.6) is 0 Å². The summed E-state index contributed by atoms with van der Waals surface area (Å²) in [5.74, 6) is 0.460. The third kappa shape index (κ3) is 5.57. The Kier molecular flexibility index (Phi) is 7.24. The lowest BCUT2D eigenvalue weighted by Crippen LogP contribution is -2.46. The van der Waals surface area contributed by atoms with Gasteiger partial charge in [-0.3, -0.25) is 9.79 Å². The number of hydrogen-bond donors (Lipinski definition) is 3. The molecule has 1 aliphatic rings. The third-order valence-electron chi connectivity index (χ3n) is 4.61. The lowest BCUT2D eigenvalue weighted by molar-refractivity contribution is 0.0950. The number of aromatic nitrogens is 1.